The Kier molecular flexibility index (Phi) is 2.20. The fourth-order valence-corrected chi connectivity index (χ4v) is 1.29. The third-order valence-electron chi connectivity index (χ3n) is 2.06. The molecule has 1 aromatic heterocycles. The summed E-state index contributed by atoms with van der Waals surface area (Å²) in [4.78, 5) is 0. The lowest BCUT2D eigenvalue weighted by Gasteiger charge is -2.03. The van der Waals surface area contributed by atoms with Crippen molar-refractivity contribution in [1.29, 1.82) is 0 Å². The van der Waals surface area contributed by atoms with Crippen molar-refractivity contribution in [3.8, 4) is 5.69 Å². The summed E-state index contributed by atoms with van der Waals surface area (Å²) < 4.78 is 1.60. The molecule has 14 heavy (non-hydrogen) atoms. The van der Waals surface area contributed by atoms with Gasteiger partial charge in [0.2, 0.25) is 0 Å². The Bertz CT molecular complexity index is 422. The Morgan fingerprint density at radius 2 is 2.00 bits per heavy atom. The lowest BCUT2D eigenvalue weighted by atomic mass is 10.3. The molecule has 1 heterocycles. The number of hydrogen-bond acceptors (Lipinski definition) is 3. The molecule has 2 rings (SSSR count). The van der Waals surface area contributed by atoms with E-state index < -0.39 is 0 Å². The molecule has 1 aromatic carbocycles. The van der Waals surface area contributed by atoms with Crippen molar-refractivity contribution in [1.82, 2.24) is 9.78 Å². The molecule has 0 unspecified atom stereocenters. The largest absolute Gasteiger partial charge is 0.391 e. The second-order valence-electron chi connectivity index (χ2n) is 2.96. The standard InChI is InChI=1S/C10H11N3O/c11-10-8(7-14)6-12-13(10)9-4-2-1-3-5-9/h1-6,14H,7,11H2. The molecule has 4 nitrogen and oxygen atoms in total. The van der Waals surface area contributed by atoms with Crippen LogP contribution in [0.15, 0.2) is 36.5 Å². The second kappa shape index (κ2) is 3.51. The molecule has 0 atom stereocenters. The predicted octanol–water partition coefficient (Wildman–Crippen LogP) is 0.947. The van der Waals surface area contributed by atoms with Gasteiger partial charge in [-0.2, -0.15) is 5.10 Å². The Balaban J connectivity index is 2.48. The van der Waals surface area contributed by atoms with Crippen LogP contribution in [0.2, 0.25) is 0 Å². The van der Waals surface area contributed by atoms with Crippen LogP contribution in [0.3, 0.4) is 0 Å². The van der Waals surface area contributed by atoms with Crippen LogP contribution in [0, 0.1) is 0 Å². The lowest BCUT2D eigenvalue weighted by molar-refractivity contribution is 0.282. The fourth-order valence-electron chi connectivity index (χ4n) is 1.29. The molecule has 0 saturated carbocycles. The van der Waals surface area contributed by atoms with E-state index in [1.165, 1.54) is 0 Å². The van der Waals surface area contributed by atoms with E-state index in [1.807, 2.05) is 30.3 Å². The third kappa shape index (κ3) is 1.36. The highest BCUT2D eigenvalue weighted by Gasteiger charge is 2.06. The van der Waals surface area contributed by atoms with E-state index in [4.69, 9.17) is 10.8 Å². The maximum atomic E-state index is 8.95. The smallest absolute Gasteiger partial charge is 0.132 e. The number of aliphatic hydroxyl groups is 1. The first-order valence-corrected chi connectivity index (χ1v) is 4.31. The van der Waals surface area contributed by atoms with E-state index >= 15 is 0 Å². The van der Waals surface area contributed by atoms with E-state index in [1.54, 1.807) is 10.9 Å². The molecule has 4 heteroatoms. The number of nitrogen functional groups attached to an aromatic ring is 1. The van der Waals surface area contributed by atoms with Crippen LogP contribution in [0.5, 0.6) is 0 Å². The molecule has 72 valence electrons. The van der Waals surface area contributed by atoms with Crippen LogP contribution in [0.4, 0.5) is 5.82 Å². The molecule has 0 fully saturated rings. The van der Waals surface area contributed by atoms with Crippen LogP contribution in [0.25, 0.3) is 5.69 Å². The minimum Gasteiger partial charge on any atom is -0.391 e. The second-order valence-corrected chi connectivity index (χ2v) is 2.96. The number of para-hydroxylation sites is 1. The number of nitrogens with two attached hydrogens (primary N) is 1. The van der Waals surface area contributed by atoms with Gasteiger partial charge in [-0.3, -0.25) is 0 Å². The zero-order chi connectivity index (χ0) is 9.97. The van der Waals surface area contributed by atoms with Gasteiger partial charge in [0.05, 0.1) is 18.5 Å². The summed E-state index contributed by atoms with van der Waals surface area (Å²) in [5.41, 5.74) is 7.33. The summed E-state index contributed by atoms with van der Waals surface area (Å²) in [6.07, 6.45) is 1.57. The quantitative estimate of drug-likeness (QED) is 0.739. The van der Waals surface area contributed by atoms with Crippen molar-refractivity contribution in [2.24, 2.45) is 0 Å². The summed E-state index contributed by atoms with van der Waals surface area (Å²) in [6.45, 7) is -0.0847. The normalized spacial score (nSPS) is 10.4. The zero-order valence-electron chi connectivity index (χ0n) is 7.59. The highest BCUT2D eigenvalue weighted by atomic mass is 16.3. The maximum absolute atomic E-state index is 8.95. The number of hydrogen-bond donors (Lipinski definition) is 2. The van der Waals surface area contributed by atoms with E-state index in [0.29, 0.717) is 11.4 Å². The zero-order valence-corrected chi connectivity index (χ0v) is 7.59. The highest BCUT2D eigenvalue weighted by molar-refractivity contribution is 5.46. The van der Waals surface area contributed by atoms with Gasteiger partial charge in [-0.15, -0.1) is 0 Å². The van der Waals surface area contributed by atoms with Gasteiger partial charge in [0.1, 0.15) is 5.82 Å². The van der Waals surface area contributed by atoms with Gasteiger partial charge in [0.15, 0.2) is 0 Å². The first-order valence-electron chi connectivity index (χ1n) is 4.31. The SMILES string of the molecule is Nc1c(CO)cnn1-c1ccccc1. The van der Waals surface area contributed by atoms with Crippen LogP contribution < -0.4 is 5.73 Å². The minimum absolute atomic E-state index is 0.0847. The molecule has 0 aliphatic rings. The number of benzene rings is 1. The molecule has 2 aromatic rings. The van der Waals surface area contributed by atoms with Crippen LogP contribution in [-0.2, 0) is 6.61 Å². The first kappa shape index (κ1) is 8.77. The van der Waals surface area contributed by atoms with E-state index in [0.717, 1.165) is 5.69 Å². The summed E-state index contributed by atoms with van der Waals surface area (Å²) in [5, 5.41) is 13.0. The molecule has 0 saturated heterocycles. The molecule has 3 N–H and O–H groups in total. The molecular formula is C10H11N3O. The average Bonchev–Trinajstić information content (AvgIpc) is 2.61. The third-order valence-corrected chi connectivity index (χ3v) is 2.06. The number of nitrogens with zero attached hydrogens (tertiary/aromatic N) is 2. The number of aromatic nitrogens is 2. The summed E-state index contributed by atoms with van der Waals surface area (Å²) >= 11 is 0. The molecule has 0 radical (unpaired) electrons. The highest BCUT2D eigenvalue weighted by Crippen LogP contribution is 2.16. The van der Waals surface area contributed by atoms with E-state index in [-0.39, 0.29) is 6.61 Å². The van der Waals surface area contributed by atoms with Crippen LogP contribution in [0.1, 0.15) is 5.56 Å². The molecule has 0 amide bonds. The van der Waals surface area contributed by atoms with Crippen LogP contribution in [-0.4, -0.2) is 14.9 Å². The lowest BCUT2D eigenvalue weighted by Crippen LogP contribution is -2.02. The van der Waals surface area contributed by atoms with Gasteiger partial charge in [0, 0.05) is 5.56 Å². The average molecular weight is 189 g/mol. The minimum atomic E-state index is -0.0847. The summed E-state index contributed by atoms with van der Waals surface area (Å²) in [6, 6.07) is 9.56. The van der Waals surface area contributed by atoms with Gasteiger partial charge in [-0.25, -0.2) is 4.68 Å². The van der Waals surface area contributed by atoms with Crippen LogP contribution >= 0.6 is 0 Å². The monoisotopic (exact) mass is 189 g/mol. The van der Waals surface area contributed by atoms with Gasteiger partial charge in [-0.1, -0.05) is 18.2 Å². The van der Waals surface area contributed by atoms with E-state index in [2.05, 4.69) is 5.10 Å². The Hall–Kier alpha value is -1.81. The summed E-state index contributed by atoms with van der Waals surface area (Å²) in [5.74, 6) is 0.485. The Labute approximate surface area is 81.6 Å². The van der Waals surface area contributed by atoms with Crippen molar-refractivity contribution in [3.63, 3.8) is 0 Å². The van der Waals surface area contributed by atoms with Gasteiger partial charge in [0.25, 0.3) is 0 Å². The Morgan fingerprint density at radius 3 is 2.57 bits per heavy atom. The molecule has 0 aliphatic heterocycles. The van der Waals surface area contributed by atoms with Crippen molar-refractivity contribution in [3.05, 3.63) is 42.1 Å². The van der Waals surface area contributed by atoms with Crippen molar-refractivity contribution < 1.29 is 5.11 Å². The van der Waals surface area contributed by atoms with E-state index in [9.17, 15) is 0 Å². The predicted molar refractivity (Wildman–Crippen MR) is 53.9 cm³/mol. The number of anilines is 1. The van der Waals surface area contributed by atoms with Crippen molar-refractivity contribution in [2.75, 3.05) is 5.73 Å². The van der Waals surface area contributed by atoms with Gasteiger partial charge in [-0.05, 0) is 12.1 Å². The first-order chi connectivity index (χ1) is 6.83. The number of aliphatic hydroxyl groups excluding tert-OH is 1. The maximum Gasteiger partial charge on any atom is 0.132 e. The van der Waals surface area contributed by atoms with Gasteiger partial charge >= 0.3 is 0 Å². The van der Waals surface area contributed by atoms with Crippen molar-refractivity contribution in [2.45, 2.75) is 6.61 Å². The molecule has 0 aliphatic carbocycles. The molecule has 0 bridgehead atoms. The summed E-state index contributed by atoms with van der Waals surface area (Å²) in [7, 11) is 0. The Morgan fingerprint density at radius 1 is 1.29 bits per heavy atom. The molecular weight excluding hydrogens is 178 g/mol. The fraction of sp³-hybridized carbons (Fsp3) is 0.100. The van der Waals surface area contributed by atoms with Gasteiger partial charge < -0.3 is 10.8 Å². The molecule has 0 spiro atoms. The topological polar surface area (TPSA) is 64.1 Å². The number of rotatable bonds is 2. The van der Waals surface area contributed by atoms with Crippen molar-refractivity contribution >= 4 is 5.82 Å².